The number of amides is 13. The van der Waals surface area contributed by atoms with E-state index in [2.05, 4.69) is 88.7 Å². The molecule has 0 aliphatic carbocycles. The van der Waals surface area contributed by atoms with Crippen LogP contribution in [0.2, 0.25) is 0 Å². The lowest BCUT2D eigenvalue weighted by atomic mass is 10.0. The van der Waals surface area contributed by atoms with Crippen molar-refractivity contribution in [1.29, 1.82) is 0 Å². The van der Waals surface area contributed by atoms with E-state index in [1.807, 2.05) is 0 Å². The van der Waals surface area contributed by atoms with E-state index in [1.54, 1.807) is 44.2 Å². The van der Waals surface area contributed by atoms with E-state index in [9.17, 15) is 82.1 Å². The first-order valence-electron chi connectivity index (χ1n) is 27.7. The van der Waals surface area contributed by atoms with Gasteiger partial charge in [0.1, 0.15) is 66.5 Å². The number of carbonyl (C=O) groups excluding carboxylic acids is 13. The van der Waals surface area contributed by atoms with E-state index in [4.69, 9.17) is 33.8 Å². The molecule has 1 aromatic carbocycles. The van der Waals surface area contributed by atoms with Gasteiger partial charge in [0.15, 0.2) is 5.96 Å². The lowest BCUT2D eigenvalue weighted by Gasteiger charge is -2.26. The Morgan fingerprint density at radius 2 is 0.955 bits per heavy atom. The average molecular weight is 1300 g/mol. The number of carboxylic acid groups (broad SMARTS) is 2. The molecule has 0 fully saturated rings. The summed E-state index contributed by atoms with van der Waals surface area (Å²) in [5.41, 5.74) is 27.3. The van der Waals surface area contributed by atoms with Gasteiger partial charge < -0.3 is 102 Å². The summed E-state index contributed by atoms with van der Waals surface area (Å²) < 4.78 is 0. The molecule has 1 rings (SSSR count). The van der Waals surface area contributed by atoms with Crippen molar-refractivity contribution in [3.05, 3.63) is 35.9 Å². The van der Waals surface area contributed by atoms with Gasteiger partial charge in [-0.1, -0.05) is 44.2 Å². The van der Waals surface area contributed by atoms with Crippen LogP contribution < -0.4 is 87.2 Å². The van der Waals surface area contributed by atoms with Crippen LogP contribution in [0.4, 0.5) is 0 Å². The molecule has 1 aromatic rings. The van der Waals surface area contributed by atoms with Crippen molar-refractivity contribution in [1.82, 2.24) is 58.5 Å². The zero-order valence-electron chi connectivity index (χ0n) is 49.4. The molecule has 37 heteroatoms. The normalized spacial score (nSPS) is 14.6. The molecular formula is C52H83N17O18S2. The van der Waals surface area contributed by atoms with Gasteiger partial charge in [-0.25, -0.2) is 4.79 Å². The summed E-state index contributed by atoms with van der Waals surface area (Å²) in [5.74, 6) is -17.4. The fraction of sp³-hybridized carbons (Fsp3) is 0.577. The van der Waals surface area contributed by atoms with Gasteiger partial charge in [-0.05, 0) is 57.4 Å². The molecule has 0 bridgehead atoms. The number of aliphatic imine (C=N–C) groups is 1. The van der Waals surface area contributed by atoms with Gasteiger partial charge >= 0.3 is 11.9 Å². The maximum Gasteiger partial charge on any atom is 0.326 e. The monoisotopic (exact) mass is 1300 g/mol. The van der Waals surface area contributed by atoms with E-state index in [1.165, 1.54) is 6.92 Å². The van der Waals surface area contributed by atoms with Crippen molar-refractivity contribution >= 4 is 120 Å². The van der Waals surface area contributed by atoms with Crippen molar-refractivity contribution < 1.29 is 87.2 Å². The van der Waals surface area contributed by atoms with Gasteiger partial charge in [-0.3, -0.25) is 72.1 Å². The molecule has 24 N–H and O–H groups in total. The minimum Gasteiger partial charge on any atom is -0.481 e. The number of carboxylic acids is 2. The SMILES string of the molecule is CC(C)C[C@H](NC(=O)[C@H](C)NC(=O)[C@@H](N)CO)C(=O)N[C@@H](CCC(N)=O)C(=O)NCC(=O)N[C@@H](CC(N)=O)C(=O)N[C@@H](CS)C(=O)N[C@@H](C)C(=O)N[C@@H](CCC(=O)O)C(=O)N[C@@H](CS)C(=O)N[C@@H](Cc1ccccc1)C(=O)N[C@@H](CCCN=C(N)N)C(=O)O. The summed E-state index contributed by atoms with van der Waals surface area (Å²) in [4.78, 5) is 198. The van der Waals surface area contributed by atoms with Gasteiger partial charge in [-0.2, -0.15) is 25.3 Å². The molecule has 496 valence electrons. The number of primary amides is 2. The molecule has 0 aliphatic rings. The number of nitrogens with two attached hydrogens (primary N) is 5. The van der Waals surface area contributed by atoms with Crippen LogP contribution >= 0.6 is 25.3 Å². The van der Waals surface area contributed by atoms with E-state index < -0.39 is 212 Å². The number of aliphatic carboxylic acids is 2. The number of nitrogens with zero attached hydrogens (tertiary/aromatic N) is 1. The maximum absolute atomic E-state index is 13.7. The quantitative estimate of drug-likeness (QED) is 0.0125. The minimum atomic E-state index is -1.82. The first-order chi connectivity index (χ1) is 41.7. The molecular weight excluding hydrogens is 1210 g/mol. The summed E-state index contributed by atoms with van der Waals surface area (Å²) in [6.45, 7) is 4.25. The number of hydrogen-bond donors (Lipinski definition) is 21. The largest absolute Gasteiger partial charge is 0.481 e. The highest BCUT2D eigenvalue weighted by molar-refractivity contribution is 7.80. The maximum atomic E-state index is 13.7. The van der Waals surface area contributed by atoms with Gasteiger partial charge in [-0.15, -0.1) is 0 Å². The number of benzene rings is 1. The molecule has 0 radical (unpaired) electrons. The molecule has 11 atom stereocenters. The second kappa shape index (κ2) is 40.6. The third-order valence-electron chi connectivity index (χ3n) is 12.6. The zero-order chi connectivity index (χ0) is 67.7. The van der Waals surface area contributed by atoms with Gasteiger partial charge in [0, 0.05) is 37.3 Å². The Labute approximate surface area is 522 Å². The summed E-state index contributed by atoms with van der Waals surface area (Å²) in [6, 6.07) is -8.33. The fourth-order valence-corrected chi connectivity index (χ4v) is 8.27. The predicted octanol–water partition coefficient (Wildman–Crippen LogP) is -8.40. The molecule has 0 spiro atoms. The summed E-state index contributed by atoms with van der Waals surface area (Å²) >= 11 is 8.25. The van der Waals surface area contributed by atoms with E-state index in [0.717, 1.165) is 6.92 Å². The number of guanidine groups is 1. The third-order valence-corrected chi connectivity index (χ3v) is 13.3. The van der Waals surface area contributed by atoms with Crippen LogP contribution in [-0.4, -0.2) is 208 Å². The van der Waals surface area contributed by atoms with Crippen LogP contribution in [0.5, 0.6) is 0 Å². The number of aliphatic hydroxyl groups excluding tert-OH is 1. The van der Waals surface area contributed by atoms with Crippen LogP contribution in [0.1, 0.15) is 84.6 Å². The van der Waals surface area contributed by atoms with Crippen molar-refractivity contribution in [3.8, 4) is 0 Å². The van der Waals surface area contributed by atoms with Crippen LogP contribution in [0, 0.1) is 5.92 Å². The topological polar surface area (TPSA) is 592 Å². The Kier molecular flexibility index (Phi) is 35.6. The van der Waals surface area contributed by atoms with Crippen LogP contribution in [-0.2, 0) is 78.3 Å². The molecule has 0 saturated carbocycles. The minimum absolute atomic E-state index is 0.00625. The van der Waals surface area contributed by atoms with Crippen molar-refractivity contribution in [2.75, 3.05) is 31.2 Å². The zero-order valence-corrected chi connectivity index (χ0v) is 51.2. The summed E-state index contributed by atoms with van der Waals surface area (Å²) in [7, 11) is 0. The van der Waals surface area contributed by atoms with Crippen molar-refractivity contribution in [2.24, 2.45) is 39.6 Å². The molecule has 0 saturated heterocycles. The van der Waals surface area contributed by atoms with Gasteiger partial charge in [0.2, 0.25) is 76.8 Å². The molecule has 13 amide bonds. The molecule has 0 unspecified atom stereocenters. The highest BCUT2D eigenvalue weighted by Crippen LogP contribution is 2.10. The Balaban J connectivity index is 3.20. The Morgan fingerprint density at radius 1 is 0.506 bits per heavy atom. The molecule has 0 aliphatic heterocycles. The van der Waals surface area contributed by atoms with Crippen molar-refractivity contribution in [2.45, 2.75) is 152 Å². The summed E-state index contributed by atoms with van der Waals surface area (Å²) in [5, 5.41) is 54.0. The number of nitrogens with one attached hydrogen (secondary N) is 11. The molecule has 0 heterocycles. The second-order valence-corrected chi connectivity index (χ2v) is 21.3. The first kappa shape index (κ1) is 78.2. The third kappa shape index (κ3) is 31.1. The highest BCUT2D eigenvalue weighted by atomic mass is 32.1. The lowest BCUT2D eigenvalue weighted by Crippen LogP contribution is -2.60. The van der Waals surface area contributed by atoms with Crippen LogP contribution in [0.3, 0.4) is 0 Å². The summed E-state index contributed by atoms with van der Waals surface area (Å²) in [6.07, 6.45) is -3.12. The van der Waals surface area contributed by atoms with Crippen LogP contribution in [0.15, 0.2) is 35.3 Å². The number of carbonyl (C=O) groups is 15. The molecule has 89 heavy (non-hydrogen) atoms. The fourth-order valence-electron chi connectivity index (χ4n) is 7.75. The average Bonchev–Trinajstić information content (AvgIpc) is 2.78. The number of hydrogen-bond acceptors (Lipinski definition) is 20. The van der Waals surface area contributed by atoms with Gasteiger partial charge in [0.25, 0.3) is 0 Å². The van der Waals surface area contributed by atoms with Gasteiger partial charge in [0.05, 0.1) is 19.6 Å². The lowest BCUT2D eigenvalue weighted by molar-refractivity contribution is -0.142. The number of rotatable bonds is 42. The second-order valence-electron chi connectivity index (χ2n) is 20.6. The number of aliphatic hydroxyl groups is 1. The van der Waals surface area contributed by atoms with E-state index in [0.29, 0.717) is 5.56 Å². The Hall–Kier alpha value is -8.84. The molecule has 0 aromatic heterocycles. The number of thiol groups is 2. The Bertz CT molecular complexity index is 2690. The molecule has 35 nitrogen and oxygen atoms in total. The first-order valence-corrected chi connectivity index (χ1v) is 29.0. The van der Waals surface area contributed by atoms with E-state index >= 15 is 0 Å². The van der Waals surface area contributed by atoms with Crippen LogP contribution in [0.25, 0.3) is 0 Å². The van der Waals surface area contributed by atoms with Crippen molar-refractivity contribution in [3.63, 3.8) is 0 Å². The van der Waals surface area contributed by atoms with E-state index in [-0.39, 0.29) is 44.1 Å². The predicted molar refractivity (Wildman–Crippen MR) is 323 cm³/mol. The highest BCUT2D eigenvalue weighted by Gasteiger charge is 2.35. The Morgan fingerprint density at radius 3 is 1.46 bits per heavy atom. The smallest absolute Gasteiger partial charge is 0.326 e. The standard InChI is InChI=1S/C52H83N17O18S2/c1-24(2)17-32(66-42(77)25(3)60-43(78)28(53)21-70)46(81)64-29(12-14-37(54)71)44(79)59-20-39(73)62-34(19-38(55)72)48(83)69-35(22-88)49(84)61-26(4)41(76)63-30(13-15-40(74)75)45(80)68-36(23-89)50(85)67-33(18-27-9-6-5-7-10-27)47(82)65-31(51(86)87)11-8-16-58-52(56)57/h5-7,9-10,24-26,28-36,70,88-89H,8,11-23,53H2,1-4H3,(H2,54,71)(H2,55,72)(H,59,79)(H,60,78)(H,61,84)(H,62,73)(H,63,76)(H,64,81)(H,65,82)(H,66,77)(H,67,85)(H,68,80)(H,69,83)(H,74,75)(H,86,87)(H4,56,57,58)/t25-,26-,28-,29-,30-,31-,32-,33-,34-,35-,36-/m0/s1.